The quantitative estimate of drug-likeness (QED) is 0.720. The van der Waals surface area contributed by atoms with Crippen LogP contribution in [0.1, 0.15) is 0 Å². The van der Waals surface area contributed by atoms with Crippen LogP contribution in [-0.4, -0.2) is 9.78 Å². The maximum atomic E-state index is 5.41. The van der Waals surface area contributed by atoms with Crippen LogP contribution in [0, 0.1) is 13.1 Å². The van der Waals surface area contributed by atoms with E-state index in [1.54, 1.807) is 6.20 Å². The molecule has 1 aromatic carbocycles. The van der Waals surface area contributed by atoms with Crippen LogP contribution in [0.3, 0.4) is 0 Å². The molecule has 0 aliphatic heterocycles. The van der Waals surface area contributed by atoms with Crippen molar-refractivity contribution >= 4 is 0 Å². The van der Waals surface area contributed by atoms with E-state index in [0.29, 0.717) is 0 Å². The molecule has 0 aliphatic rings. The monoisotopic (exact) mass is 348 g/mol. The van der Waals surface area contributed by atoms with E-state index in [1.807, 2.05) is 30.3 Å². The molecule has 0 amide bonds. The van der Waals surface area contributed by atoms with Gasteiger partial charge in [0.1, 0.15) is 7.05 Å². The van der Waals surface area contributed by atoms with Crippen LogP contribution >= 0.6 is 0 Å². The maximum absolute atomic E-state index is 5.41. The Morgan fingerprint density at radius 1 is 1.31 bits per heavy atom. The van der Waals surface area contributed by atoms with Gasteiger partial charge in [-0.1, -0.05) is 6.07 Å². The summed E-state index contributed by atoms with van der Waals surface area (Å²) in [5.74, 6) is 0. The molecular weight excluding hydrogens is 340 g/mol. The van der Waals surface area contributed by atoms with E-state index in [4.69, 9.17) is 7.05 Å². The molecule has 67 valence electrons. The third-order valence-corrected chi connectivity index (χ3v) is 1.59. The first-order valence-corrected chi connectivity index (χ1v) is 3.64. The predicted octanol–water partition coefficient (Wildman–Crippen LogP) is 1.86. The third-order valence-electron chi connectivity index (χ3n) is 1.59. The summed E-state index contributed by atoms with van der Waals surface area (Å²) in [6.45, 7) is 0. The smallest absolute Gasteiger partial charge is 0.100 e. The first-order valence-electron chi connectivity index (χ1n) is 3.64. The summed E-state index contributed by atoms with van der Waals surface area (Å²) in [4.78, 5) is 0. The molecule has 0 fully saturated rings. The van der Waals surface area contributed by atoms with Gasteiger partial charge in [-0.15, -0.1) is 35.9 Å². The average molecular weight is 347 g/mol. The number of aromatic nitrogens is 2. The molecule has 1 aromatic heterocycles. The topological polar surface area (TPSA) is 17.8 Å². The van der Waals surface area contributed by atoms with Crippen LogP contribution in [0.4, 0.5) is 0 Å². The molecule has 0 unspecified atom stereocenters. The summed E-state index contributed by atoms with van der Waals surface area (Å²) < 4.78 is 1.29. The summed E-state index contributed by atoms with van der Waals surface area (Å²) in [5.41, 5.74) is 1.81. The average Bonchev–Trinajstić information content (AvgIpc) is 2.54. The Kier molecular flexibility index (Phi) is 3.40. The molecule has 0 saturated heterocycles. The normalized spacial score (nSPS) is 9.31. The SMILES string of the molecule is [CH]n1ccc(-c2[c-]cccc2)n1.[Ir]. The predicted molar refractivity (Wildman–Crippen MR) is 46.2 cm³/mol. The minimum Gasteiger partial charge on any atom is -0.275 e. The fraction of sp³-hybridized carbons (Fsp3) is 0. The Morgan fingerprint density at radius 3 is 2.69 bits per heavy atom. The third kappa shape index (κ3) is 2.27. The zero-order chi connectivity index (χ0) is 8.39. The summed E-state index contributed by atoms with van der Waals surface area (Å²) in [7, 11) is 5.41. The molecule has 3 radical (unpaired) electrons. The molecule has 0 aliphatic carbocycles. The number of hydrogen-bond donors (Lipinski definition) is 0. The van der Waals surface area contributed by atoms with Gasteiger partial charge in [-0.25, -0.2) is 5.10 Å². The molecule has 2 aromatic rings. The molecule has 0 atom stereocenters. The van der Waals surface area contributed by atoms with Gasteiger partial charge < -0.3 is 0 Å². The first-order chi connectivity index (χ1) is 5.86. The van der Waals surface area contributed by atoms with Crippen LogP contribution in [0.25, 0.3) is 11.3 Å². The van der Waals surface area contributed by atoms with Crippen molar-refractivity contribution in [3.05, 3.63) is 49.6 Å². The van der Waals surface area contributed by atoms with Crippen molar-refractivity contribution in [3.8, 4) is 11.3 Å². The largest absolute Gasteiger partial charge is 0.275 e. The van der Waals surface area contributed by atoms with E-state index in [0.717, 1.165) is 11.3 Å². The van der Waals surface area contributed by atoms with Crippen molar-refractivity contribution in [2.45, 2.75) is 0 Å². The van der Waals surface area contributed by atoms with Crippen LogP contribution in [0.15, 0.2) is 36.5 Å². The first kappa shape index (κ1) is 10.2. The fourth-order valence-corrected chi connectivity index (χ4v) is 1.03. The Balaban J connectivity index is 0.000000845. The Bertz CT molecular complexity index is 367. The summed E-state index contributed by atoms with van der Waals surface area (Å²) >= 11 is 0. The minimum absolute atomic E-state index is 0. The van der Waals surface area contributed by atoms with Gasteiger partial charge in [0, 0.05) is 32.0 Å². The zero-order valence-corrected chi connectivity index (χ0v) is 9.16. The number of benzene rings is 1. The second kappa shape index (κ2) is 4.35. The van der Waals surface area contributed by atoms with Crippen LogP contribution in [0.2, 0.25) is 0 Å². The second-order valence-electron chi connectivity index (χ2n) is 2.46. The van der Waals surface area contributed by atoms with Gasteiger partial charge in [-0.3, -0.25) is 4.68 Å². The molecule has 2 rings (SSSR count). The zero-order valence-electron chi connectivity index (χ0n) is 6.77. The fourth-order valence-electron chi connectivity index (χ4n) is 1.03. The summed E-state index contributed by atoms with van der Waals surface area (Å²) in [5, 5.41) is 4.04. The molecule has 1 heterocycles. The Morgan fingerprint density at radius 2 is 2.15 bits per heavy atom. The van der Waals surface area contributed by atoms with Gasteiger partial charge in [0.15, 0.2) is 0 Å². The van der Waals surface area contributed by atoms with Gasteiger partial charge in [-0.05, 0) is 0 Å². The number of hydrogen-bond acceptors (Lipinski definition) is 1. The van der Waals surface area contributed by atoms with E-state index in [9.17, 15) is 0 Å². The second-order valence-corrected chi connectivity index (χ2v) is 2.46. The van der Waals surface area contributed by atoms with Crippen LogP contribution in [-0.2, 0) is 20.1 Å². The Labute approximate surface area is 90.9 Å². The minimum atomic E-state index is 0. The standard InChI is InChI=1S/C10H7N2.Ir/c1-12-8-7-10(11-12)9-5-3-2-4-6-9;/h1-5,7-8H;/q-1;. The molecule has 0 spiro atoms. The van der Waals surface area contributed by atoms with E-state index in [-0.39, 0.29) is 20.1 Å². The van der Waals surface area contributed by atoms with Gasteiger partial charge in [-0.2, -0.15) is 0 Å². The molecule has 0 N–H and O–H groups in total. The van der Waals surface area contributed by atoms with Crippen LogP contribution in [0.5, 0.6) is 0 Å². The van der Waals surface area contributed by atoms with Gasteiger partial charge >= 0.3 is 0 Å². The van der Waals surface area contributed by atoms with Gasteiger partial charge in [0.2, 0.25) is 0 Å². The summed E-state index contributed by atoms with van der Waals surface area (Å²) in [6, 6.07) is 12.6. The van der Waals surface area contributed by atoms with Crippen molar-refractivity contribution in [2.24, 2.45) is 0 Å². The van der Waals surface area contributed by atoms with Gasteiger partial charge in [0.25, 0.3) is 0 Å². The van der Waals surface area contributed by atoms with Crippen molar-refractivity contribution in [3.63, 3.8) is 0 Å². The Hall–Kier alpha value is -0.921. The number of nitrogens with zero attached hydrogens (tertiary/aromatic N) is 2. The summed E-state index contributed by atoms with van der Waals surface area (Å²) in [6.07, 6.45) is 1.70. The van der Waals surface area contributed by atoms with E-state index < -0.39 is 0 Å². The molecule has 3 heteroatoms. The van der Waals surface area contributed by atoms with E-state index in [2.05, 4.69) is 11.2 Å². The molecular formula is C10H7IrN2-. The van der Waals surface area contributed by atoms with Crippen molar-refractivity contribution < 1.29 is 20.1 Å². The van der Waals surface area contributed by atoms with E-state index >= 15 is 0 Å². The molecule has 0 saturated carbocycles. The van der Waals surface area contributed by atoms with Crippen molar-refractivity contribution in [1.82, 2.24) is 9.78 Å². The van der Waals surface area contributed by atoms with Crippen LogP contribution < -0.4 is 0 Å². The molecule has 13 heavy (non-hydrogen) atoms. The van der Waals surface area contributed by atoms with E-state index in [1.165, 1.54) is 4.68 Å². The van der Waals surface area contributed by atoms with Crippen molar-refractivity contribution in [2.75, 3.05) is 0 Å². The van der Waals surface area contributed by atoms with Crippen molar-refractivity contribution in [1.29, 1.82) is 0 Å². The molecule has 0 bridgehead atoms. The maximum Gasteiger partial charge on any atom is 0.100 e. The number of rotatable bonds is 1. The van der Waals surface area contributed by atoms with Gasteiger partial charge in [0.05, 0.1) is 0 Å². The molecule has 2 nitrogen and oxygen atoms in total.